The average molecular weight is 286 g/mol. The minimum atomic E-state index is -0.911. The molecule has 1 aliphatic carbocycles. The second-order valence-corrected chi connectivity index (χ2v) is 5.64. The van der Waals surface area contributed by atoms with Crippen molar-refractivity contribution in [2.24, 2.45) is 0 Å². The Kier molecular flexibility index (Phi) is 3.73. The van der Waals surface area contributed by atoms with Crippen LogP contribution >= 0.6 is 0 Å². The van der Waals surface area contributed by atoms with Crippen molar-refractivity contribution in [3.63, 3.8) is 0 Å². The van der Waals surface area contributed by atoms with E-state index in [1.807, 2.05) is 6.07 Å². The van der Waals surface area contributed by atoms with Crippen LogP contribution < -0.4 is 5.32 Å². The Morgan fingerprint density at radius 3 is 2.29 bits per heavy atom. The third-order valence-electron chi connectivity index (χ3n) is 4.27. The first-order chi connectivity index (χ1) is 10.2. The van der Waals surface area contributed by atoms with Crippen LogP contribution in [0.2, 0.25) is 0 Å². The van der Waals surface area contributed by atoms with Gasteiger partial charge in [0.2, 0.25) is 11.8 Å². The Labute approximate surface area is 123 Å². The molecule has 5 heteroatoms. The number of benzene rings is 1. The normalized spacial score (nSPS) is 24.1. The third kappa shape index (κ3) is 2.55. The molecule has 1 saturated carbocycles. The number of barbiturate groups is 1. The highest BCUT2D eigenvalue weighted by Gasteiger charge is 2.44. The van der Waals surface area contributed by atoms with Crippen LogP contribution in [0.5, 0.6) is 0 Å². The van der Waals surface area contributed by atoms with Crippen molar-refractivity contribution >= 4 is 17.8 Å². The molecule has 1 N–H and O–H groups in total. The molecule has 0 aromatic heterocycles. The van der Waals surface area contributed by atoms with Gasteiger partial charge in [-0.2, -0.15) is 0 Å². The van der Waals surface area contributed by atoms with E-state index in [1.165, 1.54) is 4.90 Å². The minimum Gasteiger partial charge on any atom is -0.277 e. The van der Waals surface area contributed by atoms with Crippen LogP contribution in [0, 0.1) is 0 Å². The van der Waals surface area contributed by atoms with Crippen molar-refractivity contribution in [3.05, 3.63) is 35.9 Å². The molecule has 1 heterocycles. The van der Waals surface area contributed by atoms with Gasteiger partial charge in [0.05, 0.1) is 0 Å². The van der Waals surface area contributed by atoms with Gasteiger partial charge in [-0.3, -0.25) is 19.8 Å². The zero-order valence-electron chi connectivity index (χ0n) is 11.7. The van der Waals surface area contributed by atoms with E-state index in [-0.39, 0.29) is 11.9 Å². The molecule has 2 aliphatic rings. The number of rotatable bonds is 2. The molecule has 5 nitrogen and oxygen atoms in total. The van der Waals surface area contributed by atoms with Crippen molar-refractivity contribution in [2.75, 3.05) is 0 Å². The highest BCUT2D eigenvalue weighted by Crippen LogP contribution is 2.29. The topological polar surface area (TPSA) is 66.5 Å². The third-order valence-corrected chi connectivity index (χ3v) is 4.27. The van der Waals surface area contributed by atoms with E-state index >= 15 is 0 Å². The number of carbonyl (C=O) groups excluding carboxylic acids is 3. The van der Waals surface area contributed by atoms with Gasteiger partial charge in [0.15, 0.2) is 0 Å². The highest BCUT2D eigenvalue weighted by atomic mass is 16.2. The molecule has 110 valence electrons. The van der Waals surface area contributed by atoms with Crippen molar-refractivity contribution in [2.45, 2.75) is 44.1 Å². The lowest BCUT2D eigenvalue weighted by atomic mass is 9.90. The maximum Gasteiger partial charge on any atom is 0.331 e. The van der Waals surface area contributed by atoms with Crippen LogP contribution in [0.25, 0.3) is 0 Å². The van der Waals surface area contributed by atoms with Gasteiger partial charge in [-0.05, 0) is 18.4 Å². The summed E-state index contributed by atoms with van der Waals surface area (Å²) in [5.41, 5.74) is 0.633. The number of hydrogen-bond donors (Lipinski definition) is 1. The molecule has 1 aliphatic heterocycles. The zero-order valence-corrected chi connectivity index (χ0v) is 11.7. The summed E-state index contributed by atoms with van der Waals surface area (Å²) in [6, 6.07) is 8.26. The maximum atomic E-state index is 12.7. The van der Waals surface area contributed by atoms with Crippen LogP contribution in [-0.2, 0) is 9.59 Å². The standard InChI is InChI=1S/C16H18N2O3/c19-14-13(11-7-3-1-4-8-11)15(20)18(16(21)17-14)12-9-5-2-6-10-12/h1,3-4,7-8,12-13H,2,5-6,9-10H2,(H,17,19,21). The fraction of sp³-hybridized carbons (Fsp3) is 0.438. The van der Waals surface area contributed by atoms with Crippen molar-refractivity contribution in [1.82, 2.24) is 10.2 Å². The van der Waals surface area contributed by atoms with Crippen LogP contribution in [0.3, 0.4) is 0 Å². The molecule has 3 rings (SSSR count). The summed E-state index contributed by atoms with van der Waals surface area (Å²) >= 11 is 0. The summed E-state index contributed by atoms with van der Waals surface area (Å²) in [7, 11) is 0. The number of nitrogens with one attached hydrogen (secondary N) is 1. The molecule has 1 aromatic carbocycles. The summed E-state index contributed by atoms with van der Waals surface area (Å²) < 4.78 is 0. The van der Waals surface area contributed by atoms with Crippen molar-refractivity contribution < 1.29 is 14.4 Å². The smallest absolute Gasteiger partial charge is 0.277 e. The second-order valence-electron chi connectivity index (χ2n) is 5.64. The summed E-state index contributed by atoms with van der Waals surface area (Å²) in [4.78, 5) is 38.1. The van der Waals surface area contributed by atoms with E-state index in [0.717, 1.165) is 32.1 Å². The zero-order chi connectivity index (χ0) is 14.8. The molecule has 1 aromatic rings. The lowest BCUT2D eigenvalue weighted by molar-refractivity contribution is -0.140. The van der Waals surface area contributed by atoms with Crippen LogP contribution in [0.1, 0.15) is 43.6 Å². The number of hydrogen-bond acceptors (Lipinski definition) is 3. The van der Waals surface area contributed by atoms with E-state index in [1.54, 1.807) is 24.3 Å². The van der Waals surface area contributed by atoms with E-state index in [2.05, 4.69) is 5.32 Å². The minimum absolute atomic E-state index is 0.0782. The van der Waals surface area contributed by atoms with Gasteiger partial charge in [-0.1, -0.05) is 49.6 Å². The lowest BCUT2D eigenvalue weighted by Crippen LogP contribution is -2.60. The molecule has 0 spiro atoms. The molecule has 2 fully saturated rings. The number of carbonyl (C=O) groups is 3. The number of imide groups is 2. The van der Waals surface area contributed by atoms with E-state index < -0.39 is 17.9 Å². The largest absolute Gasteiger partial charge is 0.331 e. The predicted octanol–water partition coefficient (Wildman–Crippen LogP) is 2.18. The van der Waals surface area contributed by atoms with Gasteiger partial charge in [0.1, 0.15) is 5.92 Å². The van der Waals surface area contributed by atoms with E-state index in [4.69, 9.17) is 0 Å². The molecule has 21 heavy (non-hydrogen) atoms. The van der Waals surface area contributed by atoms with Gasteiger partial charge in [-0.15, -0.1) is 0 Å². The van der Waals surface area contributed by atoms with Gasteiger partial charge in [0.25, 0.3) is 0 Å². The molecular formula is C16H18N2O3. The van der Waals surface area contributed by atoms with E-state index in [9.17, 15) is 14.4 Å². The molecule has 4 amide bonds. The predicted molar refractivity (Wildman–Crippen MR) is 76.4 cm³/mol. The van der Waals surface area contributed by atoms with Gasteiger partial charge in [0, 0.05) is 6.04 Å². The van der Waals surface area contributed by atoms with Crippen molar-refractivity contribution in [3.8, 4) is 0 Å². The Balaban J connectivity index is 1.89. The molecule has 1 atom stereocenters. The van der Waals surface area contributed by atoms with Gasteiger partial charge in [-0.25, -0.2) is 4.79 Å². The van der Waals surface area contributed by atoms with E-state index in [0.29, 0.717) is 5.56 Å². The first-order valence-electron chi connectivity index (χ1n) is 7.41. The fourth-order valence-corrected chi connectivity index (χ4v) is 3.21. The Bertz CT molecular complexity index is 564. The Morgan fingerprint density at radius 2 is 1.62 bits per heavy atom. The molecule has 1 saturated heterocycles. The van der Waals surface area contributed by atoms with Gasteiger partial charge >= 0.3 is 6.03 Å². The number of urea groups is 1. The molecular weight excluding hydrogens is 268 g/mol. The first-order valence-corrected chi connectivity index (χ1v) is 7.41. The monoisotopic (exact) mass is 286 g/mol. The SMILES string of the molecule is O=C1NC(=O)N(C2CCCCC2)C(=O)C1c1ccccc1. The molecule has 1 unspecified atom stereocenters. The second kappa shape index (κ2) is 5.68. The Morgan fingerprint density at radius 1 is 0.952 bits per heavy atom. The molecule has 0 radical (unpaired) electrons. The summed E-state index contributed by atoms with van der Waals surface area (Å²) in [5.74, 6) is -1.82. The van der Waals surface area contributed by atoms with Gasteiger partial charge < -0.3 is 0 Å². The maximum absolute atomic E-state index is 12.7. The fourth-order valence-electron chi connectivity index (χ4n) is 3.21. The Hall–Kier alpha value is -2.17. The lowest BCUT2D eigenvalue weighted by Gasteiger charge is -2.37. The quantitative estimate of drug-likeness (QED) is 0.847. The average Bonchev–Trinajstić information content (AvgIpc) is 2.49. The molecule has 0 bridgehead atoms. The van der Waals surface area contributed by atoms with Crippen LogP contribution in [-0.4, -0.2) is 28.8 Å². The number of amides is 4. The summed E-state index contributed by atoms with van der Waals surface area (Å²) in [5, 5.41) is 2.33. The summed E-state index contributed by atoms with van der Waals surface area (Å²) in [6.45, 7) is 0. The highest BCUT2D eigenvalue weighted by molar-refractivity contribution is 6.19. The van der Waals surface area contributed by atoms with Crippen LogP contribution in [0.15, 0.2) is 30.3 Å². The van der Waals surface area contributed by atoms with Crippen molar-refractivity contribution in [1.29, 1.82) is 0 Å². The summed E-state index contributed by atoms with van der Waals surface area (Å²) in [6.07, 6.45) is 4.84. The van der Waals surface area contributed by atoms with Crippen LogP contribution in [0.4, 0.5) is 4.79 Å². The first kappa shape index (κ1) is 13.8. The number of nitrogens with zero attached hydrogens (tertiary/aromatic N) is 1.